The van der Waals surface area contributed by atoms with E-state index in [1.165, 1.54) is 22.2 Å². The van der Waals surface area contributed by atoms with Crippen molar-refractivity contribution >= 4 is 22.5 Å². The average molecular weight is 265 g/mol. The lowest BCUT2D eigenvalue weighted by atomic mass is 10.1. The minimum atomic E-state index is 0.687. The Kier molecular flexibility index (Phi) is 2.96. The molecule has 0 aliphatic carbocycles. The van der Waals surface area contributed by atoms with Gasteiger partial charge in [0.1, 0.15) is 5.75 Å². The highest BCUT2D eigenvalue weighted by atomic mass is 35.5. The van der Waals surface area contributed by atoms with E-state index in [1.54, 1.807) is 7.11 Å². The first-order valence-corrected chi connectivity index (χ1v) is 6.72. The van der Waals surface area contributed by atoms with Crippen molar-refractivity contribution < 1.29 is 4.74 Å². The van der Waals surface area contributed by atoms with Gasteiger partial charge in [-0.05, 0) is 24.1 Å². The second-order valence-electron chi connectivity index (χ2n) is 4.61. The van der Waals surface area contributed by atoms with Gasteiger partial charge in [-0.2, -0.15) is 0 Å². The number of ether oxygens (including phenoxy) is 1. The molecule has 0 radical (unpaired) electrons. The van der Waals surface area contributed by atoms with Gasteiger partial charge in [0.05, 0.1) is 17.6 Å². The number of rotatable bonds is 2. The summed E-state index contributed by atoms with van der Waals surface area (Å²) in [5.74, 6) is 0.759. The van der Waals surface area contributed by atoms with Crippen molar-refractivity contribution in [2.75, 3.05) is 13.7 Å². The second-order valence-corrected chi connectivity index (χ2v) is 5.02. The second kappa shape index (κ2) is 4.48. The van der Waals surface area contributed by atoms with Crippen LogP contribution >= 0.6 is 11.6 Å². The monoisotopic (exact) mass is 264 g/mol. The van der Waals surface area contributed by atoms with Crippen LogP contribution in [0.3, 0.4) is 0 Å². The summed E-state index contributed by atoms with van der Waals surface area (Å²) in [5, 5.41) is 5.40. The summed E-state index contributed by atoms with van der Waals surface area (Å²) in [6.07, 6.45) is 1.03. The van der Waals surface area contributed by atoms with Gasteiger partial charge in [0.25, 0.3) is 0 Å². The molecule has 0 spiro atoms. The molecule has 3 rings (SSSR count). The maximum atomic E-state index is 6.24. The van der Waals surface area contributed by atoms with E-state index < -0.39 is 0 Å². The normalized spacial score (nSPS) is 14.8. The fourth-order valence-corrected chi connectivity index (χ4v) is 3.11. The Morgan fingerprint density at radius 3 is 3.00 bits per heavy atom. The molecule has 3 nitrogen and oxygen atoms in total. The highest BCUT2D eigenvalue weighted by molar-refractivity contribution is 6.32. The molecule has 0 bridgehead atoms. The summed E-state index contributed by atoms with van der Waals surface area (Å²) in [6.45, 7) is 5.17. The fourth-order valence-electron chi connectivity index (χ4n) is 2.88. The van der Waals surface area contributed by atoms with Crippen LogP contribution in [0.4, 0.5) is 0 Å². The number of nitrogens with zero attached hydrogens (tertiary/aromatic N) is 1. The Morgan fingerprint density at radius 2 is 2.28 bits per heavy atom. The minimum absolute atomic E-state index is 0.687. The van der Waals surface area contributed by atoms with E-state index in [-0.39, 0.29) is 0 Å². The molecule has 1 N–H and O–H groups in total. The maximum absolute atomic E-state index is 6.24. The summed E-state index contributed by atoms with van der Waals surface area (Å²) in [7, 11) is 1.66. The molecule has 2 heterocycles. The van der Waals surface area contributed by atoms with Gasteiger partial charge in [-0.1, -0.05) is 18.5 Å². The molecule has 0 fully saturated rings. The number of nitrogens with one attached hydrogen (secondary N) is 1. The van der Waals surface area contributed by atoms with Crippen molar-refractivity contribution in [1.82, 2.24) is 9.88 Å². The number of benzene rings is 1. The predicted octanol–water partition coefficient (Wildman–Crippen LogP) is 2.97. The molecule has 18 heavy (non-hydrogen) atoms. The van der Waals surface area contributed by atoms with E-state index in [1.807, 2.05) is 6.07 Å². The smallest absolute Gasteiger partial charge is 0.138 e. The van der Waals surface area contributed by atoms with Gasteiger partial charge >= 0.3 is 0 Å². The Morgan fingerprint density at radius 1 is 1.44 bits per heavy atom. The van der Waals surface area contributed by atoms with E-state index in [4.69, 9.17) is 16.3 Å². The molecule has 1 aliphatic rings. The van der Waals surface area contributed by atoms with Crippen LogP contribution in [0, 0.1) is 0 Å². The molecule has 1 aromatic carbocycles. The quantitative estimate of drug-likeness (QED) is 0.903. The number of hydrogen-bond donors (Lipinski definition) is 1. The number of methoxy groups -OCH3 is 1. The van der Waals surface area contributed by atoms with E-state index in [0.717, 1.165) is 31.8 Å². The summed E-state index contributed by atoms with van der Waals surface area (Å²) >= 11 is 6.24. The Balaban J connectivity index is 2.34. The fraction of sp³-hybridized carbons (Fsp3) is 0.429. The van der Waals surface area contributed by atoms with Crippen molar-refractivity contribution in [2.45, 2.75) is 26.4 Å². The van der Waals surface area contributed by atoms with Crippen LogP contribution < -0.4 is 10.1 Å². The predicted molar refractivity (Wildman–Crippen MR) is 74.6 cm³/mol. The molecule has 0 saturated carbocycles. The third-order valence-electron chi connectivity index (χ3n) is 3.72. The topological polar surface area (TPSA) is 26.2 Å². The number of fused-ring (bicyclic) bond motifs is 3. The standard InChI is InChI=1S/C14H17ClN2O/c1-3-9-10-6-14(18-2)11(15)7-12(10)17-5-4-16-8-13(9)17/h6-7,16H,3-5,8H2,1-2H3. The van der Waals surface area contributed by atoms with Crippen molar-refractivity contribution in [3.8, 4) is 5.75 Å². The Hall–Kier alpha value is -1.19. The molecule has 2 aromatic rings. The molecule has 0 saturated heterocycles. The number of aryl methyl sites for hydroxylation is 1. The molecule has 96 valence electrons. The SMILES string of the molecule is CCc1c2n(c3cc(Cl)c(OC)cc13)CCNC2. The van der Waals surface area contributed by atoms with Crippen LogP contribution in [0.1, 0.15) is 18.2 Å². The van der Waals surface area contributed by atoms with Crippen molar-refractivity contribution in [2.24, 2.45) is 0 Å². The van der Waals surface area contributed by atoms with Gasteiger partial charge in [0, 0.05) is 30.7 Å². The number of halogens is 1. The molecule has 1 aromatic heterocycles. The van der Waals surface area contributed by atoms with Crippen LogP contribution in [0.25, 0.3) is 10.9 Å². The molecular weight excluding hydrogens is 248 g/mol. The van der Waals surface area contributed by atoms with Gasteiger partial charge in [-0.25, -0.2) is 0 Å². The molecule has 0 atom stereocenters. The maximum Gasteiger partial charge on any atom is 0.138 e. The first-order chi connectivity index (χ1) is 8.76. The van der Waals surface area contributed by atoms with E-state index in [2.05, 4.69) is 22.9 Å². The molecule has 0 amide bonds. The zero-order valence-electron chi connectivity index (χ0n) is 10.7. The van der Waals surface area contributed by atoms with E-state index in [9.17, 15) is 0 Å². The summed E-state index contributed by atoms with van der Waals surface area (Å²) < 4.78 is 7.71. The summed E-state index contributed by atoms with van der Waals surface area (Å²) in [5.41, 5.74) is 4.03. The third-order valence-corrected chi connectivity index (χ3v) is 4.01. The zero-order chi connectivity index (χ0) is 12.7. The van der Waals surface area contributed by atoms with Crippen LogP contribution in [0.5, 0.6) is 5.75 Å². The highest BCUT2D eigenvalue weighted by Gasteiger charge is 2.19. The van der Waals surface area contributed by atoms with Crippen molar-refractivity contribution in [3.63, 3.8) is 0 Å². The molecule has 4 heteroatoms. The van der Waals surface area contributed by atoms with Crippen molar-refractivity contribution in [1.29, 1.82) is 0 Å². The van der Waals surface area contributed by atoms with E-state index >= 15 is 0 Å². The third kappa shape index (κ3) is 1.62. The molecule has 1 aliphatic heterocycles. The molecular formula is C14H17ClN2O. The van der Waals surface area contributed by atoms with Crippen molar-refractivity contribution in [3.05, 3.63) is 28.4 Å². The van der Waals surface area contributed by atoms with Crippen LogP contribution in [-0.2, 0) is 19.5 Å². The summed E-state index contributed by atoms with van der Waals surface area (Å²) in [6, 6.07) is 4.10. The van der Waals surface area contributed by atoms with Gasteiger partial charge < -0.3 is 14.6 Å². The highest BCUT2D eigenvalue weighted by Crippen LogP contribution is 2.35. The van der Waals surface area contributed by atoms with Crippen LogP contribution in [-0.4, -0.2) is 18.2 Å². The van der Waals surface area contributed by atoms with Crippen LogP contribution in [0.15, 0.2) is 12.1 Å². The Bertz CT molecular complexity index is 604. The van der Waals surface area contributed by atoms with E-state index in [0.29, 0.717) is 5.02 Å². The van der Waals surface area contributed by atoms with Crippen LogP contribution in [0.2, 0.25) is 5.02 Å². The largest absolute Gasteiger partial charge is 0.495 e. The minimum Gasteiger partial charge on any atom is -0.495 e. The summed E-state index contributed by atoms with van der Waals surface area (Å²) in [4.78, 5) is 0. The number of hydrogen-bond acceptors (Lipinski definition) is 2. The Labute approximate surface area is 112 Å². The lowest BCUT2D eigenvalue weighted by molar-refractivity contribution is 0.415. The zero-order valence-corrected chi connectivity index (χ0v) is 11.5. The first kappa shape index (κ1) is 11.9. The van der Waals surface area contributed by atoms with Gasteiger partial charge in [0.15, 0.2) is 0 Å². The van der Waals surface area contributed by atoms with Gasteiger partial charge in [-0.3, -0.25) is 0 Å². The number of aromatic nitrogens is 1. The molecule has 0 unspecified atom stereocenters. The van der Waals surface area contributed by atoms with Gasteiger partial charge in [-0.15, -0.1) is 0 Å². The lowest BCUT2D eigenvalue weighted by Gasteiger charge is -2.18. The lowest BCUT2D eigenvalue weighted by Crippen LogP contribution is -2.28. The van der Waals surface area contributed by atoms with Gasteiger partial charge in [0.2, 0.25) is 0 Å². The average Bonchev–Trinajstić information content (AvgIpc) is 2.71. The first-order valence-electron chi connectivity index (χ1n) is 6.34.